The Morgan fingerprint density at radius 1 is 1.35 bits per heavy atom. The minimum atomic E-state index is -3.04. The molecule has 1 aliphatic heterocycles. The minimum absolute atomic E-state index is 0.0314. The number of carbonyl (C=O) groups is 1. The molecule has 5 nitrogen and oxygen atoms in total. The molecule has 1 heterocycles. The molecule has 1 fully saturated rings. The molecule has 1 unspecified atom stereocenters. The average molecular weight is 360 g/mol. The maximum absolute atomic E-state index is 12.8. The van der Waals surface area contributed by atoms with Crippen LogP contribution in [-0.4, -0.2) is 48.9 Å². The van der Waals surface area contributed by atoms with E-state index in [0.29, 0.717) is 23.7 Å². The largest absolute Gasteiger partial charge is 0.478 e. The Morgan fingerprint density at radius 3 is 2.43 bits per heavy atom. The highest BCUT2D eigenvalue weighted by Gasteiger charge is 2.40. The van der Waals surface area contributed by atoms with Gasteiger partial charge in [0, 0.05) is 17.6 Å². The van der Waals surface area contributed by atoms with Crippen molar-refractivity contribution in [3.05, 3.63) is 29.3 Å². The van der Waals surface area contributed by atoms with E-state index in [-0.39, 0.29) is 23.5 Å². The molecule has 1 aromatic rings. The predicted molar refractivity (Wildman–Crippen MR) is 90.6 cm³/mol. The van der Waals surface area contributed by atoms with Gasteiger partial charge >= 0.3 is 0 Å². The number of amides is 1. The monoisotopic (exact) mass is 359 g/mol. The number of sulfone groups is 1. The van der Waals surface area contributed by atoms with Crippen LogP contribution in [0, 0.1) is 0 Å². The van der Waals surface area contributed by atoms with Crippen molar-refractivity contribution in [3.63, 3.8) is 0 Å². The van der Waals surface area contributed by atoms with Gasteiger partial charge in [-0.05, 0) is 51.5 Å². The first-order valence-corrected chi connectivity index (χ1v) is 9.80. The van der Waals surface area contributed by atoms with E-state index in [1.54, 1.807) is 43.0 Å². The predicted octanol–water partition coefficient (Wildman–Crippen LogP) is 2.53. The SMILES string of the molecule is CCN(C(=O)C(C)(C)Oc1ccc(Cl)cc1)C1CCS(=O)(=O)C1. The fourth-order valence-electron chi connectivity index (χ4n) is 2.78. The molecule has 0 bridgehead atoms. The Labute approximate surface area is 142 Å². The zero-order chi connectivity index (χ0) is 17.3. The second-order valence-electron chi connectivity index (χ2n) is 6.21. The summed E-state index contributed by atoms with van der Waals surface area (Å²) in [5.74, 6) is 0.503. The lowest BCUT2D eigenvalue weighted by atomic mass is 10.1. The summed E-state index contributed by atoms with van der Waals surface area (Å²) in [4.78, 5) is 14.5. The van der Waals surface area contributed by atoms with Crippen molar-refractivity contribution in [2.24, 2.45) is 0 Å². The Kier molecular flexibility index (Phi) is 5.26. The van der Waals surface area contributed by atoms with Gasteiger partial charge in [0.05, 0.1) is 11.5 Å². The van der Waals surface area contributed by atoms with Crippen molar-refractivity contribution < 1.29 is 17.9 Å². The van der Waals surface area contributed by atoms with Crippen LogP contribution in [0.2, 0.25) is 5.02 Å². The average Bonchev–Trinajstić information content (AvgIpc) is 2.82. The minimum Gasteiger partial charge on any atom is -0.478 e. The molecular weight excluding hydrogens is 338 g/mol. The van der Waals surface area contributed by atoms with Gasteiger partial charge in [-0.25, -0.2) is 8.42 Å². The second kappa shape index (κ2) is 6.69. The topological polar surface area (TPSA) is 63.7 Å². The Balaban J connectivity index is 2.13. The van der Waals surface area contributed by atoms with Gasteiger partial charge in [-0.15, -0.1) is 0 Å². The quantitative estimate of drug-likeness (QED) is 0.810. The first-order valence-electron chi connectivity index (χ1n) is 7.61. The van der Waals surface area contributed by atoms with Crippen molar-refractivity contribution in [2.45, 2.75) is 38.8 Å². The number of nitrogens with zero attached hydrogens (tertiary/aromatic N) is 1. The molecule has 0 N–H and O–H groups in total. The highest BCUT2D eigenvalue weighted by Crippen LogP contribution is 2.25. The molecule has 0 radical (unpaired) electrons. The first-order chi connectivity index (χ1) is 10.6. The second-order valence-corrected chi connectivity index (χ2v) is 8.88. The Hall–Kier alpha value is -1.27. The van der Waals surface area contributed by atoms with Gasteiger partial charge in [0.15, 0.2) is 15.4 Å². The van der Waals surface area contributed by atoms with Crippen LogP contribution in [-0.2, 0) is 14.6 Å². The third-order valence-electron chi connectivity index (χ3n) is 3.95. The van der Waals surface area contributed by atoms with Gasteiger partial charge < -0.3 is 9.64 Å². The molecule has 23 heavy (non-hydrogen) atoms. The molecule has 1 aromatic carbocycles. The third-order valence-corrected chi connectivity index (χ3v) is 5.95. The van der Waals surface area contributed by atoms with Crippen molar-refractivity contribution in [1.82, 2.24) is 4.90 Å². The van der Waals surface area contributed by atoms with Gasteiger partial charge in [-0.3, -0.25) is 4.79 Å². The van der Waals surface area contributed by atoms with Crippen LogP contribution in [0.25, 0.3) is 0 Å². The number of benzene rings is 1. The van der Waals surface area contributed by atoms with Gasteiger partial charge in [-0.2, -0.15) is 0 Å². The number of carbonyl (C=O) groups excluding carboxylic acids is 1. The van der Waals surface area contributed by atoms with E-state index < -0.39 is 15.4 Å². The number of halogens is 1. The molecule has 0 aliphatic carbocycles. The normalized spacial score (nSPS) is 20.3. The van der Waals surface area contributed by atoms with Crippen LogP contribution >= 0.6 is 11.6 Å². The summed E-state index contributed by atoms with van der Waals surface area (Å²) >= 11 is 5.84. The molecule has 1 aliphatic rings. The fourth-order valence-corrected chi connectivity index (χ4v) is 4.63. The molecular formula is C16H22ClNO4S. The summed E-state index contributed by atoms with van der Waals surface area (Å²) in [5.41, 5.74) is -1.09. The molecule has 7 heteroatoms. The molecule has 0 aromatic heterocycles. The Morgan fingerprint density at radius 2 is 1.96 bits per heavy atom. The van der Waals surface area contributed by atoms with Gasteiger partial charge in [-0.1, -0.05) is 11.6 Å². The van der Waals surface area contributed by atoms with E-state index in [1.807, 2.05) is 6.92 Å². The van der Waals surface area contributed by atoms with E-state index in [0.717, 1.165) is 0 Å². The van der Waals surface area contributed by atoms with E-state index >= 15 is 0 Å². The van der Waals surface area contributed by atoms with Crippen LogP contribution in [0.1, 0.15) is 27.2 Å². The van der Waals surface area contributed by atoms with E-state index in [4.69, 9.17) is 16.3 Å². The molecule has 1 atom stereocenters. The third kappa shape index (κ3) is 4.38. The molecule has 0 spiro atoms. The standard InChI is InChI=1S/C16H22ClNO4S/c1-4-18(13-9-10-23(20,21)11-13)15(19)16(2,3)22-14-7-5-12(17)6-8-14/h5-8,13H,4,9-11H2,1-3H3. The molecule has 1 amide bonds. The summed E-state index contributed by atoms with van der Waals surface area (Å²) in [7, 11) is -3.04. The number of likely N-dealkylation sites (N-methyl/N-ethyl adjacent to an activating group) is 1. The molecule has 0 saturated carbocycles. The highest BCUT2D eigenvalue weighted by molar-refractivity contribution is 7.91. The van der Waals surface area contributed by atoms with Crippen LogP contribution in [0.4, 0.5) is 0 Å². The summed E-state index contributed by atoms with van der Waals surface area (Å²) < 4.78 is 29.2. The van der Waals surface area contributed by atoms with Crippen molar-refractivity contribution in [3.8, 4) is 5.75 Å². The van der Waals surface area contributed by atoms with Gasteiger partial charge in [0.25, 0.3) is 5.91 Å². The number of rotatable bonds is 5. The van der Waals surface area contributed by atoms with Crippen molar-refractivity contribution in [1.29, 1.82) is 0 Å². The summed E-state index contributed by atoms with van der Waals surface area (Å²) in [6, 6.07) is 6.52. The number of ether oxygens (including phenoxy) is 1. The zero-order valence-corrected chi connectivity index (χ0v) is 15.2. The maximum Gasteiger partial charge on any atom is 0.266 e. The fraction of sp³-hybridized carbons (Fsp3) is 0.562. The summed E-state index contributed by atoms with van der Waals surface area (Å²) in [6.07, 6.45) is 0.485. The van der Waals surface area contributed by atoms with Crippen LogP contribution < -0.4 is 4.74 Å². The maximum atomic E-state index is 12.8. The summed E-state index contributed by atoms with van der Waals surface area (Å²) in [5, 5.41) is 0.591. The van der Waals surface area contributed by atoms with Crippen LogP contribution in [0.15, 0.2) is 24.3 Å². The van der Waals surface area contributed by atoms with Gasteiger partial charge in [0.1, 0.15) is 5.75 Å². The van der Waals surface area contributed by atoms with Crippen molar-refractivity contribution >= 4 is 27.3 Å². The first kappa shape index (κ1) is 18.1. The number of hydrogen-bond donors (Lipinski definition) is 0. The van der Waals surface area contributed by atoms with Crippen molar-refractivity contribution in [2.75, 3.05) is 18.1 Å². The smallest absolute Gasteiger partial charge is 0.266 e. The molecule has 1 saturated heterocycles. The Bertz CT molecular complexity index is 670. The van der Waals surface area contributed by atoms with E-state index in [2.05, 4.69) is 0 Å². The lowest BCUT2D eigenvalue weighted by molar-refractivity contribution is -0.147. The summed E-state index contributed by atoms with van der Waals surface area (Å²) in [6.45, 7) is 5.68. The van der Waals surface area contributed by atoms with Gasteiger partial charge in [0.2, 0.25) is 0 Å². The number of hydrogen-bond acceptors (Lipinski definition) is 4. The zero-order valence-electron chi connectivity index (χ0n) is 13.6. The van der Waals surface area contributed by atoms with E-state index in [9.17, 15) is 13.2 Å². The lowest BCUT2D eigenvalue weighted by Crippen LogP contribution is -2.52. The van der Waals surface area contributed by atoms with E-state index in [1.165, 1.54) is 0 Å². The van der Waals surface area contributed by atoms with Crippen LogP contribution in [0.3, 0.4) is 0 Å². The molecule has 128 valence electrons. The molecule has 2 rings (SSSR count). The lowest BCUT2D eigenvalue weighted by Gasteiger charge is -2.35. The highest BCUT2D eigenvalue weighted by atomic mass is 35.5. The van der Waals surface area contributed by atoms with Crippen LogP contribution in [0.5, 0.6) is 5.75 Å².